The Labute approximate surface area is 181 Å². The highest BCUT2D eigenvalue weighted by Gasteiger charge is 2.16. The van der Waals surface area contributed by atoms with Gasteiger partial charge in [0.1, 0.15) is 12.6 Å². The first-order valence-corrected chi connectivity index (χ1v) is 9.61. The van der Waals surface area contributed by atoms with Crippen LogP contribution in [-0.2, 0) is 27.4 Å². The number of para-hydroxylation sites is 1. The van der Waals surface area contributed by atoms with E-state index in [2.05, 4.69) is 5.32 Å². The van der Waals surface area contributed by atoms with Crippen molar-refractivity contribution < 1.29 is 14.3 Å². The smallest absolute Gasteiger partial charge is 0.332 e. The van der Waals surface area contributed by atoms with E-state index in [0.717, 1.165) is 9.13 Å². The number of rotatable bonds is 6. The number of carbonyl (C=O) groups is 2. The lowest BCUT2D eigenvalue weighted by Crippen LogP contribution is -2.41. The van der Waals surface area contributed by atoms with Crippen LogP contribution in [0.15, 0.2) is 52.1 Å². The standard InChI is InChI=1S/C21H17ClN4O5/c1-2-25-20(29)15-5-3-4-6-17(15)26(21(25)30)11-19(28)31-12-18(27)24-14-8-7-13(10-23)16(22)9-14/h3-9H,2,11-12H2,1H3,(H,24,27). The number of nitrogens with one attached hydrogen (secondary N) is 1. The molecule has 1 N–H and O–H groups in total. The Morgan fingerprint density at radius 3 is 2.58 bits per heavy atom. The highest BCUT2D eigenvalue weighted by Crippen LogP contribution is 2.20. The van der Waals surface area contributed by atoms with Crippen LogP contribution in [0.5, 0.6) is 0 Å². The molecule has 0 fully saturated rings. The number of amides is 1. The van der Waals surface area contributed by atoms with Gasteiger partial charge in [-0.05, 0) is 37.3 Å². The van der Waals surface area contributed by atoms with Gasteiger partial charge in [0.25, 0.3) is 11.5 Å². The number of benzene rings is 2. The second-order valence-corrected chi connectivity index (χ2v) is 6.86. The minimum absolute atomic E-state index is 0.146. The largest absolute Gasteiger partial charge is 0.454 e. The van der Waals surface area contributed by atoms with Gasteiger partial charge in [0.05, 0.1) is 21.5 Å². The average molecular weight is 441 g/mol. The Kier molecular flexibility index (Phi) is 6.52. The average Bonchev–Trinajstić information content (AvgIpc) is 2.76. The summed E-state index contributed by atoms with van der Waals surface area (Å²) in [7, 11) is 0. The molecule has 1 amide bonds. The molecule has 3 aromatic rings. The Balaban J connectivity index is 1.72. The molecule has 0 aliphatic carbocycles. The molecule has 31 heavy (non-hydrogen) atoms. The van der Waals surface area contributed by atoms with Gasteiger partial charge in [-0.25, -0.2) is 4.79 Å². The van der Waals surface area contributed by atoms with Crippen molar-refractivity contribution in [3.05, 3.63) is 73.9 Å². The van der Waals surface area contributed by atoms with Crippen molar-refractivity contribution in [3.8, 4) is 6.07 Å². The molecule has 10 heteroatoms. The Bertz CT molecular complexity index is 1340. The fourth-order valence-corrected chi connectivity index (χ4v) is 3.23. The molecule has 1 aromatic heterocycles. The van der Waals surface area contributed by atoms with Crippen molar-refractivity contribution >= 4 is 40.1 Å². The van der Waals surface area contributed by atoms with Crippen LogP contribution >= 0.6 is 11.6 Å². The first-order valence-electron chi connectivity index (χ1n) is 9.23. The lowest BCUT2D eigenvalue weighted by molar-refractivity contribution is -0.147. The molecule has 2 aromatic carbocycles. The summed E-state index contributed by atoms with van der Waals surface area (Å²) in [6.45, 7) is 0.749. The van der Waals surface area contributed by atoms with E-state index >= 15 is 0 Å². The molecule has 0 bridgehead atoms. The molecule has 0 spiro atoms. The van der Waals surface area contributed by atoms with E-state index < -0.39 is 36.3 Å². The molecule has 0 saturated carbocycles. The van der Waals surface area contributed by atoms with Gasteiger partial charge < -0.3 is 10.1 Å². The third-order valence-electron chi connectivity index (χ3n) is 4.47. The van der Waals surface area contributed by atoms with Gasteiger partial charge in [-0.3, -0.25) is 23.5 Å². The van der Waals surface area contributed by atoms with Crippen molar-refractivity contribution in [2.45, 2.75) is 20.0 Å². The molecule has 158 valence electrons. The molecule has 0 saturated heterocycles. The molecule has 1 heterocycles. The van der Waals surface area contributed by atoms with Gasteiger partial charge in [0, 0.05) is 12.2 Å². The zero-order valence-electron chi connectivity index (χ0n) is 16.4. The summed E-state index contributed by atoms with van der Waals surface area (Å²) in [6.07, 6.45) is 0. The minimum atomic E-state index is -0.818. The summed E-state index contributed by atoms with van der Waals surface area (Å²) in [6, 6.07) is 12.7. The van der Waals surface area contributed by atoms with Crippen LogP contribution in [0.3, 0.4) is 0 Å². The summed E-state index contributed by atoms with van der Waals surface area (Å²) >= 11 is 5.91. The Morgan fingerprint density at radius 1 is 1.16 bits per heavy atom. The third kappa shape index (κ3) is 4.65. The molecular weight excluding hydrogens is 424 g/mol. The number of halogens is 1. The highest BCUT2D eigenvalue weighted by molar-refractivity contribution is 6.32. The number of nitrogens with zero attached hydrogens (tertiary/aromatic N) is 3. The third-order valence-corrected chi connectivity index (χ3v) is 4.79. The van der Waals surface area contributed by atoms with Crippen LogP contribution in [0.4, 0.5) is 5.69 Å². The van der Waals surface area contributed by atoms with Crippen LogP contribution in [0.2, 0.25) is 5.02 Å². The normalized spacial score (nSPS) is 10.5. The van der Waals surface area contributed by atoms with E-state index in [0.29, 0.717) is 16.6 Å². The SMILES string of the molecule is CCn1c(=O)c2ccccc2n(CC(=O)OCC(=O)Nc2ccc(C#N)c(Cl)c2)c1=O. The number of aromatic nitrogens is 2. The summed E-state index contributed by atoms with van der Waals surface area (Å²) in [4.78, 5) is 49.4. The van der Waals surface area contributed by atoms with Crippen molar-refractivity contribution in [3.63, 3.8) is 0 Å². The predicted molar refractivity (Wildman–Crippen MR) is 114 cm³/mol. The van der Waals surface area contributed by atoms with Crippen LogP contribution in [0.25, 0.3) is 10.9 Å². The summed E-state index contributed by atoms with van der Waals surface area (Å²) in [5.41, 5.74) is -0.178. The minimum Gasteiger partial charge on any atom is -0.454 e. The monoisotopic (exact) mass is 440 g/mol. The maximum absolute atomic E-state index is 12.6. The topological polar surface area (TPSA) is 123 Å². The molecule has 3 rings (SSSR count). The summed E-state index contributed by atoms with van der Waals surface area (Å²) in [5.74, 6) is -1.44. The first kappa shape index (κ1) is 21.8. The van der Waals surface area contributed by atoms with Crippen molar-refractivity contribution in [1.82, 2.24) is 9.13 Å². The van der Waals surface area contributed by atoms with Crippen molar-refractivity contribution in [1.29, 1.82) is 5.26 Å². The summed E-state index contributed by atoms with van der Waals surface area (Å²) in [5, 5.41) is 11.8. The molecule has 0 unspecified atom stereocenters. The molecule has 0 radical (unpaired) electrons. The zero-order chi connectivity index (χ0) is 22.5. The Morgan fingerprint density at radius 2 is 1.90 bits per heavy atom. The van der Waals surface area contributed by atoms with Crippen molar-refractivity contribution in [2.24, 2.45) is 0 Å². The molecule has 0 aliphatic rings. The van der Waals surface area contributed by atoms with Crippen LogP contribution in [0, 0.1) is 11.3 Å². The number of fused-ring (bicyclic) bond motifs is 1. The van der Waals surface area contributed by atoms with Crippen LogP contribution < -0.4 is 16.6 Å². The van der Waals surface area contributed by atoms with Gasteiger partial charge in [-0.1, -0.05) is 23.7 Å². The predicted octanol–water partition coefficient (Wildman–Crippen LogP) is 1.89. The van der Waals surface area contributed by atoms with E-state index in [1.165, 1.54) is 18.2 Å². The second kappa shape index (κ2) is 9.28. The lowest BCUT2D eigenvalue weighted by atomic mass is 10.2. The fraction of sp³-hybridized carbons (Fsp3) is 0.190. The molecule has 0 atom stereocenters. The van der Waals surface area contributed by atoms with Gasteiger partial charge in [-0.15, -0.1) is 0 Å². The number of esters is 1. The quantitative estimate of drug-likeness (QED) is 0.584. The van der Waals surface area contributed by atoms with E-state index in [9.17, 15) is 19.2 Å². The molecule has 9 nitrogen and oxygen atoms in total. The van der Waals surface area contributed by atoms with Gasteiger partial charge in [0.15, 0.2) is 6.61 Å². The number of hydrogen-bond donors (Lipinski definition) is 1. The maximum atomic E-state index is 12.6. The first-order chi connectivity index (χ1) is 14.8. The number of carbonyl (C=O) groups excluding carboxylic acids is 2. The van der Waals surface area contributed by atoms with Gasteiger partial charge in [-0.2, -0.15) is 5.26 Å². The van der Waals surface area contributed by atoms with Gasteiger partial charge in [0.2, 0.25) is 0 Å². The van der Waals surface area contributed by atoms with Crippen LogP contribution in [-0.4, -0.2) is 27.6 Å². The van der Waals surface area contributed by atoms with E-state index in [1.807, 2.05) is 6.07 Å². The van der Waals surface area contributed by atoms with Crippen molar-refractivity contribution in [2.75, 3.05) is 11.9 Å². The number of ether oxygens (including phenoxy) is 1. The molecular formula is C21H17ClN4O5. The zero-order valence-corrected chi connectivity index (χ0v) is 17.2. The Hall–Kier alpha value is -3.90. The lowest BCUT2D eigenvalue weighted by Gasteiger charge is -2.13. The van der Waals surface area contributed by atoms with E-state index in [-0.39, 0.29) is 17.1 Å². The number of anilines is 1. The van der Waals surface area contributed by atoms with E-state index in [4.69, 9.17) is 21.6 Å². The van der Waals surface area contributed by atoms with Crippen LogP contribution in [0.1, 0.15) is 12.5 Å². The maximum Gasteiger partial charge on any atom is 0.332 e. The second-order valence-electron chi connectivity index (χ2n) is 6.45. The van der Waals surface area contributed by atoms with Gasteiger partial charge >= 0.3 is 11.7 Å². The summed E-state index contributed by atoms with van der Waals surface area (Å²) < 4.78 is 7.14. The van der Waals surface area contributed by atoms with E-state index in [1.54, 1.807) is 31.2 Å². The number of hydrogen-bond acceptors (Lipinski definition) is 6. The highest BCUT2D eigenvalue weighted by atomic mass is 35.5. The fourth-order valence-electron chi connectivity index (χ4n) is 3.00. The number of nitriles is 1. The molecule has 0 aliphatic heterocycles.